The molecule has 1 atom stereocenters. The minimum atomic E-state index is -0.572. The van der Waals surface area contributed by atoms with Gasteiger partial charge in [-0.3, -0.25) is 0 Å². The largest absolute Gasteiger partial charge is 0.494 e. The predicted molar refractivity (Wildman–Crippen MR) is 190 cm³/mol. The van der Waals surface area contributed by atoms with Crippen LogP contribution in [0.4, 0.5) is 0 Å². The molecule has 3 rings (SSSR count). The second-order valence-electron chi connectivity index (χ2n) is 13.0. The maximum atomic E-state index is 12.7. The first-order chi connectivity index (χ1) is 23.2. The third kappa shape index (κ3) is 14.7. The van der Waals surface area contributed by atoms with Crippen LogP contribution in [0.2, 0.25) is 0 Å². The van der Waals surface area contributed by atoms with Crippen LogP contribution in [0.3, 0.4) is 0 Å². The first kappa shape index (κ1) is 38.3. The SMILES string of the molecule is CCCCCCCCCCOc1ccc(C(=O)Oc2ccc(C(=O)Oc3ccc(C(=O)OCCC(C)CCCC(C)C)cc3)cc2)cc1. The lowest BCUT2D eigenvalue weighted by atomic mass is 9.98. The zero-order chi connectivity index (χ0) is 34.6. The molecule has 0 saturated heterocycles. The van der Waals surface area contributed by atoms with Crippen molar-refractivity contribution in [3.05, 3.63) is 89.5 Å². The van der Waals surface area contributed by atoms with Gasteiger partial charge < -0.3 is 18.9 Å². The van der Waals surface area contributed by atoms with E-state index in [1.165, 1.54) is 63.5 Å². The van der Waals surface area contributed by atoms with E-state index in [-0.39, 0.29) is 0 Å². The minimum absolute atomic E-state index is 0.291. The van der Waals surface area contributed by atoms with Gasteiger partial charge in [0, 0.05) is 0 Å². The van der Waals surface area contributed by atoms with E-state index in [9.17, 15) is 14.4 Å². The number of hydrogen-bond acceptors (Lipinski definition) is 7. The summed E-state index contributed by atoms with van der Waals surface area (Å²) in [6.07, 6.45) is 14.3. The Morgan fingerprint density at radius 2 is 0.958 bits per heavy atom. The van der Waals surface area contributed by atoms with Crippen LogP contribution in [0, 0.1) is 11.8 Å². The van der Waals surface area contributed by atoms with Crippen LogP contribution in [0.5, 0.6) is 17.2 Å². The van der Waals surface area contributed by atoms with Crippen molar-refractivity contribution in [2.24, 2.45) is 11.8 Å². The Morgan fingerprint density at radius 3 is 1.46 bits per heavy atom. The van der Waals surface area contributed by atoms with E-state index < -0.39 is 17.9 Å². The number of unbranched alkanes of at least 4 members (excludes halogenated alkanes) is 7. The molecule has 0 saturated carbocycles. The van der Waals surface area contributed by atoms with Gasteiger partial charge in [-0.05, 0) is 97.5 Å². The van der Waals surface area contributed by atoms with Crippen molar-refractivity contribution in [3.63, 3.8) is 0 Å². The van der Waals surface area contributed by atoms with Crippen LogP contribution < -0.4 is 14.2 Å². The maximum Gasteiger partial charge on any atom is 0.343 e. The summed E-state index contributed by atoms with van der Waals surface area (Å²) in [6.45, 7) is 9.91. The summed E-state index contributed by atoms with van der Waals surface area (Å²) in [6, 6.07) is 19.3. The molecular weight excluding hydrogens is 604 g/mol. The fourth-order valence-corrected chi connectivity index (χ4v) is 5.22. The third-order valence-corrected chi connectivity index (χ3v) is 8.28. The smallest absolute Gasteiger partial charge is 0.343 e. The molecule has 7 nitrogen and oxygen atoms in total. The Kier molecular flexibility index (Phi) is 17.3. The monoisotopic (exact) mass is 658 g/mol. The van der Waals surface area contributed by atoms with Crippen molar-refractivity contribution < 1.29 is 33.3 Å². The van der Waals surface area contributed by atoms with E-state index >= 15 is 0 Å². The minimum Gasteiger partial charge on any atom is -0.494 e. The second-order valence-corrected chi connectivity index (χ2v) is 13.0. The van der Waals surface area contributed by atoms with Crippen molar-refractivity contribution >= 4 is 17.9 Å². The fourth-order valence-electron chi connectivity index (χ4n) is 5.22. The van der Waals surface area contributed by atoms with Gasteiger partial charge in [-0.2, -0.15) is 0 Å². The molecule has 0 aliphatic rings. The van der Waals surface area contributed by atoms with Crippen LogP contribution in [0.1, 0.15) is 136 Å². The van der Waals surface area contributed by atoms with Crippen molar-refractivity contribution in [1.29, 1.82) is 0 Å². The van der Waals surface area contributed by atoms with Crippen LogP contribution >= 0.6 is 0 Å². The molecule has 0 aliphatic heterocycles. The molecule has 0 fully saturated rings. The Hall–Kier alpha value is -4.13. The van der Waals surface area contributed by atoms with Gasteiger partial charge in [0.2, 0.25) is 0 Å². The fraction of sp³-hybridized carbons (Fsp3) is 0.488. The van der Waals surface area contributed by atoms with Crippen LogP contribution in [-0.2, 0) is 4.74 Å². The molecule has 0 amide bonds. The number of benzene rings is 3. The number of rotatable bonds is 22. The number of carbonyl (C=O) groups is 3. The van der Waals surface area contributed by atoms with Gasteiger partial charge >= 0.3 is 17.9 Å². The molecule has 7 heteroatoms. The number of hydrogen-bond donors (Lipinski definition) is 0. The highest BCUT2D eigenvalue weighted by atomic mass is 16.5. The number of carbonyl (C=O) groups excluding carboxylic acids is 3. The Labute approximate surface area is 287 Å². The van der Waals surface area contributed by atoms with Crippen LogP contribution in [0.15, 0.2) is 72.8 Å². The molecule has 0 radical (unpaired) electrons. The highest BCUT2D eigenvalue weighted by Crippen LogP contribution is 2.20. The molecule has 3 aromatic carbocycles. The summed E-state index contributed by atoms with van der Waals surface area (Å²) < 4.78 is 22.2. The molecule has 260 valence electrons. The lowest BCUT2D eigenvalue weighted by Gasteiger charge is -2.12. The van der Waals surface area contributed by atoms with Crippen molar-refractivity contribution in [2.75, 3.05) is 13.2 Å². The Balaban J connectivity index is 1.36. The second kappa shape index (κ2) is 21.7. The van der Waals surface area contributed by atoms with E-state index in [0.29, 0.717) is 53.2 Å². The first-order valence-electron chi connectivity index (χ1n) is 17.8. The quantitative estimate of drug-likeness (QED) is 0.0603. The summed E-state index contributed by atoms with van der Waals surface area (Å²) in [5, 5.41) is 0. The summed E-state index contributed by atoms with van der Waals surface area (Å²) in [7, 11) is 0. The molecule has 0 N–H and O–H groups in total. The first-order valence-corrected chi connectivity index (χ1v) is 17.8. The Bertz CT molecular complexity index is 1360. The lowest BCUT2D eigenvalue weighted by molar-refractivity contribution is 0.0483. The van der Waals surface area contributed by atoms with Gasteiger partial charge in [0.1, 0.15) is 17.2 Å². The molecule has 3 aromatic rings. The van der Waals surface area contributed by atoms with Crippen molar-refractivity contribution in [1.82, 2.24) is 0 Å². The summed E-state index contributed by atoms with van der Waals surface area (Å²) in [4.78, 5) is 37.7. The predicted octanol–water partition coefficient (Wildman–Crippen LogP) is 10.7. The van der Waals surface area contributed by atoms with Crippen LogP contribution in [0.25, 0.3) is 0 Å². The molecule has 0 aliphatic carbocycles. The molecule has 0 aromatic heterocycles. The zero-order valence-electron chi connectivity index (χ0n) is 29.3. The molecule has 0 bridgehead atoms. The third-order valence-electron chi connectivity index (χ3n) is 8.28. The van der Waals surface area contributed by atoms with Gasteiger partial charge in [-0.15, -0.1) is 0 Å². The van der Waals surface area contributed by atoms with E-state index in [0.717, 1.165) is 31.4 Å². The normalized spacial score (nSPS) is 11.6. The maximum absolute atomic E-state index is 12.7. The van der Waals surface area contributed by atoms with Crippen LogP contribution in [-0.4, -0.2) is 31.1 Å². The standard InChI is InChI=1S/C41H54O7/c1-5-6-7-8-9-10-11-12-29-45-36-22-16-34(17-23-36)40(43)48-38-26-20-35(21-27-38)41(44)47-37-24-18-33(19-25-37)39(42)46-30-28-32(4)15-13-14-31(2)3/h16-27,31-32H,5-15,28-30H2,1-4H3. The average molecular weight is 659 g/mol. The summed E-state index contributed by atoms with van der Waals surface area (Å²) in [5.41, 5.74) is 1.09. The van der Waals surface area contributed by atoms with E-state index in [4.69, 9.17) is 18.9 Å². The topological polar surface area (TPSA) is 88.1 Å². The molecular formula is C41H54O7. The zero-order valence-corrected chi connectivity index (χ0v) is 29.3. The number of ether oxygens (including phenoxy) is 4. The van der Waals surface area contributed by atoms with E-state index in [1.54, 1.807) is 60.7 Å². The molecule has 0 spiro atoms. The summed E-state index contributed by atoms with van der Waals surface area (Å²) >= 11 is 0. The van der Waals surface area contributed by atoms with E-state index in [2.05, 4.69) is 27.7 Å². The van der Waals surface area contributed by atoms with Gasteiger partial charge in [-0.25, -0.2) is 14.4 Å². The van der Waals surface area contributed by atoms with E-state index in [1.807, 2.05) is 0 Å². The highest BCUT2D eigenvalue weighted by Gasteiger charge is 2.14. The number of esters is 3. The average Bonchev–Trinajstić information content (AvgIpc) is 3.08. The van der Waals surface area contributed by atoms with Crippen molar-refractivity contribution in [3.8, 4) is 17.2 Å². The highest BCUT2D eigenvalue weighted by molar-refractivity contribution is 5.93. The summed E-state index contributed by atoms with van der Waals surface area (Å²) in [5.74, 6) is 1.07. The van der Waals surface area contributed by atoms with Gasteiger partial charge in [0.25, 0.3) is 0 Å². The molecule has 0 heterocycles. The Morgan fingerprint density at radius 1 is 0.500 bits per heavy atom. The van der Waals surface area contributed by atoms with Crippen molar-refractivity contribution in [2.45, 2.75) is 105 Å². The van der Waals surface area contributed by atoms with Gasteiger partial charge in [0.15, 0.2) is 0 Å². The van der Waals surface area contributed by atoms with Gasteiger partial charge in [0.05, 0.1) is 29.9 Å². The van der Waals surface area contributed by atoms with Gasteiger partial charge in [-0.1, -0.05) is 91.9 Å². The molecule has 1 unspecified atom stereocenters. The lowest BCUT2D eigenvalue weighted by Crippen LogP contribution is -2.11. The molecule has 48 heavy (non-hydrogen) atoms.